The average molecular weight is 413 g/mol. The number of aryl methyl sites for hydroxylation is 5. The molecule has 0 aromatic carbocycles. The highest BCUT2D eigenvalue weighted by Gasteiger charge is 2.34. The normalized spacial score (nSPS) is 14.6. The number of aromatic nitrogens is 6. The van der Waals surface area contributed by atoms with Crippen LogP contribution in [0.2, 0.25) is 0 Å². The molecule has 0 bridgehead atoms. The first-order chi connectivity index (χ1) is 14.2. The Morgan fingerprint density at radius 2 is 1.60 bits per heavy atom. The molecule has 1 aliphatic heterocycles. The van der Waals surface area contributed by atoms with Crippen molar-refractivity contribution in [2.45, 2.75) is 20.8 Å². The van der Waals surface area contributed by atoms with Gasteiger partial charge in [0.25, 0.3) is 5.91 Å². The van der Waals surface area contributed by atoms with Crippen molar-refractivity contribution in [2.24, 2.45) is 14.1 Å². The van der Waals surface area contributed by atoms with E-state index in [1.165, 1.54) is 11.6 Å². The summed E-state index contributed by atoms with van der Waals surface area (Å²) < 4.78 is 3.07. The molecule has 12 nitrogen and oxygen atoms in total. The Kier molecular flexibility index (Phi) is 4.63. The van der Waals surface area contributed by atoms with Crippen LogP contribution in [0, 0.1) is 30.9 Å². The summed E-state index contributed by atoms with van der Waals surface area (Å²) in [5.74, 6) is 1.06. The summed E-state index contributed by atoms with van der Waals surface area (Å²) in [4.78, 5) is 36.8. The van der Waals surface area contributed by atoms with Gasteiger partial charge in [-0.15, -0.1) is 0 Å². The van der Waals surface area contributed by atoms with Gasteiger partial charge in [0.05, 0.1) is 10.6 Å². The van der Waals surface area contributed by atoms with E-state index in [1.807, 2.05) is 20.9 Å². The van der Waals surface area contributed by atoms with Gasteiger partial charge in [-0.25, -0.2) is 9.97 Å². The van der Waals surface area contributed by atoms with Gasteiger partial charge in [0, 0.05) is 40.3 Å². The van der Waals surface area contributed by atoms with Gasteiger partial charge in [0.1, 0.15) is 22.6 Å². The number of amides is 1. The molecule has 0 unspecified atom stereocenters. The monoisotopic (exact) mass is 413 g/mol. The van der Waals surface area contributed by atoms with Gasteiger partial charge in [-0.1, -0.05) is 0 Å². The number of hydrogen-bond acceptors (Lipinski definition) is 8. The van der Waals surface area contributed by atoms with Crippen molar-refractivity contribution in [1.82, 2.24) is 34.4 Å². The van der Waals surface area contributed by atoms with Gasteiger partial charge in [-0.2, -0.15) is 10.2 Å². The summed E-state index contributed by atoms with van der Waals surface area (Å²) in [6, 6.07) is 0. The van der Waals surface area contributed by atoms with Crippen LogP contribution in [0.5, 0.6) is 0 Å². The number of piperazine rings is 1. The van der Waals surface area contributed by atoms with Gasteiger partial charge in [0.15, 0.2) is 5.82 Å². The Balaban J connectivity index is 1.59. The van der Waals surface area contributed by atoms with Gasteiger partial charge in [0.2, 0.25) is 5.69 Å². The Hall–Kier alpha value is -3.57. The van der Waals surface area contributed by atoms with Crippen molar-refractivity contribution in [2.75, 3.05) is 31.1 Å². The van der Waals surface area contributed by atoms with Gasteiger partial charge in [-0.3, -0.25) is 24.3 Å². The van der Waals surface area contributed by atoms with E-state index in [1.54, 1.807) is 16.6 Å². The zero-order valence-electron chi connectivity index (χ0n) is 17.6. The molecule has 12 heteroatoms. The van der Waals surface area contributed by atoms with E-state index in [2.05, 4.69) is 25.1 Å². The van der Waals surface area contributed by atoms with Crippen molar-refractivity contribution in [3.05, 3.63) is 33.0 Å². The van der Waals surface area contributed by atoms with Crippen molar-refractivity contribution >= 4 is 28.4 Å². The van der Waals surface area contributed by atoms with Gasteiger partial charge >= 0.3 is 5.69 Å². The Bertz CT molecular complexity index is 1170. The second-order valence-electron chi connectivity index (χ2n) is 7.44. The third kappa shape index (κ3) is 3.04. The molecular weight excluding hydrogens is 390 g/mol. The van der Waals surface area contributed by atoms with Crippen LogP contribution in [-0.4, -0.2) is 71.4 Å². The first-order valence-electron chi connectivity index (χ1n) is 9.59. The lowest BCUT2D eigenvalue weighted by atomic mass is 10.2. The molecule has 4 rings (SSSR count). The highest BCUT2D eigenvalue weighted by atomic mass is 16.6. The number of fused-ring (bicyclic) bond motifs is 1. The van der Waals surface area contributed by atoms with E-state index < -0.39 is 4.92 Å². The minimum atomic E-state index is -0.545. The smallest absolute Gasteiger partial charge is 0.322 e. The van der Waals surface area contributed by atoms with Crippen molar-refractivity contribution in [3.63, 3.8) is 0 Å². The largest absolute Gasteiger partial charge is 0.351 e. The van der Waals surface area contributed by atoms with Crippen LogP contribution in [0.15, 0.2) is 0 Å². The lowest BCUT2D eigenvalue weighted by Gasteiger charge is -2.35. The highest BCUT2D eigenvalue weighted by molar-refractivity contribution is 5.97. The first-order valence-corrected chi connectivity index (χ1v) is 9.59. The Morgan fingerprint density at radius 3 is 2.23 bits per heavy atom. The summed E-state index contributed by atoms with van der Waals surface area (Å²) in [6.45, 7) is 7.23. The zero-order chi connectivity index (χ0) is 21.7. The molecule has 1 amide bonds. The quantitative estimate of drug-likeness (QED) is 0.457. The fraction of sp³-hybridized carbons (Fsp3) is 0.500. The molecule has 30 heavy (non-hydrogen) atoms. The van der Waals surface area contributed by atoms with Crippen LogP contribution in [0.25, 0.3) is 11.0 Å². The lowest BCUT2D eigenvalue weighted by Crippen LogP contribution is -2.49. The molecule has 0 N–H and O–H groups in total. The molecule has 1 fully saturated rings. The second-order valence-corrected chi connectivity index (χ2v) is 7.44. The maximum atomic E-state index is 13.0. The molecule has 3 aromatic rings. The minimum Gasteiger partial charge on any atom is -0.351 e. The van der Waals surface area contributed by atoms with E-state index >= 15 is 0 Å². The van der Waals surface area contributed by atoms with E-state index in [9.17, 15) is 14.9 Å². The van der Waals surface area contributed by atoms with E-state index in [0.717, 1.165) is 22.5 Å². The molecule has 1 aliphatic rings. The predicted molar refractivity (Wildman–Crippen MR) is 108 cm³/mol. The summed E-state index contributed by atoms with van der Waals surface area (Å²) in [5, 5.41) is 19.9. The predicted octanol–water partition coefficient (Wildman–Crippen LogP) is 0.893. The molecule has 0 aliphatic carbocycles. The van der Waals surface area contributed by atoms with E-state index in [-0.39, 0.29) is 23.0 Å². The number of rotatable bonds is 3. The molecule has 0 radical (unpaired) electrons. The third-order valence-corrected chi connectivity index (χ3v) is 5.39. The summed E-state index contributed by atoms with van der Waals surface area (Å²) >= 11 is 0. The zero-order valence-corrected chi connectivity index (χ0v) is 17.6. The first kappa shape index (κ1) is 19.7. The van der Waals surface area contributed by atoms with Crippen molar-refractivity contribution in [1.29, 1.82) is 0 Å². The molecular formula is C18H23N9O3. The number of nitro groups is 1. The van der Waals surface area contributed by atoms with Crippen LogP contribution in [0.1, 0.15) is 27.7 Å². The fourth-order valence-corrected chi connectivity index (χ4v) is 4.02. The maximum absolute atomic E-state index is 13.0. The number of carbonyl (C=O) groups is 1. The number of hydrogen-bond donors (Lipinski definition) is 0. The van der Waals surface area contributed by atoms with Gasteiger partial charge < -0.3 is 9.80 Å². The summed E-state index contributed by atoms with van der Waals surface area (Å²) in [6.07, 6.45) is 0. The fourth-order valence-electron chi connectivity index (χ4n) is 4.02. The molecule has 4 heterocycles. The van der Waals surface area contributed by atoms with Crippen molar-refractivity contribution < 1.29 is 9.72 Å². The second kappa shape index (κ2) is 7.04. The minimum absolute atomic E-state index is 0.00785. The molecule has 0 atom stereocenters. The number of anilines is 1. The van der Waals surface area contributed by atoms with Crippen LogP contribution in [-0.2, 0) is 14.1 Å². The lowest BCUT2D eigenvalue weighted by molar-refractivity contribution is -0.385. The summed E-state index contributed by atoms with van der Waals surface area (Å²) in [7, 11) is 3.41. The molecule has 158 valence electrons. The van der Waals surface area contributed by atoms with Crippen LogP contribution in [0.3, 0.4) is 0 Å². The van der Waals surface area contributed by atoms with Crippen molar-refractivity contribution in [3.8, 4) is 0 Å². The molecule has 1 saturated heterocycles. The topological polar surface area (TPSA) is 128 Å². The van der Waals surface area contributed by atoms with Crippen LogP contribution >= 0.6 is 0 Å². The number of nitrogens with zero attached hydrogens (tertiary/aromatic N) is 9. The molecule has 3 aromatic heterocycles. The van der Waals surface area contributed by atoms with Gasteiger partial charge in [-0.05, 0) is 20.8 Å². The van der Waals surface area contributed by atoms with E-state index in [0.29, 0.717) is 32.0 Å². The highest BCUT2D eigenvalue weighted by Crippen LogP contribution is 2.28. The maximum Gasteiger partial charge on any atom is 0.322 e. The molecule has 0 spiro atoms. The van der Waals surface area contributed by atoms with Crippen LogP contribution in [0.4, 0.5) is 11.5 Å². The summed E-state index contributed by atoms with van der Waals surface area (Å²) in [5.41, 5.74) is 2.52. The Morgan fingerprint density at radius 1 is 0.967 bits per heavy atom. The third-order valence-electron chi connectivity index (χ3n) is 5.39. The molecule has 0 saturated carbocycles. The SMILES string of the molecule is Cc1nc(N2CCN(C(=O)c3c([N+](=O)[O-])c(C)nn3C)CC2)c2c(n1)c(C)nn2C. The standard InChI is InChI=1S/C18H23N9O3/c1-10-13-15(23(4)21-10)17(20-12(3)19-13)25-6-8-26(9-7-25)18(28)16-14(27(29)30)11(2)22-24(16)5/h6-9H2,1-5H3. The van der Waals surface area contributed by atoms with E-state index in [4.69, 9.17) is 0 Å². The Labute approximate surface area is 172 Å². The average Bonchev–Trinajstić information content (AvgIpc) is 3.15. The van der Waals surface area contributed by atoms with Crippen LogP contribution < -0.4 is 4.90 Å². The number of carbonyl (C=O) groups excluding carboxylic acids is 1.